The quantitative estimate of drug-likeness (QED) is 0.328. The van der Waals surface area contributed by atoms with E-state index in [1.54, 1.807) is 13.8 Å². The highest BCUT2D eigenvalue weighted by Gasteiger charge is 2.33. The minimum absolute atomic E-state index is 0.0435. The van der Waals surface area contributed by atoms with Crippen molar-refractivity contribution in [2.75, 3.05) is 13.7 Å². The van der Waals surface area contributed by atoms with E-state index in [-0.39, 0.29) is 12.3 Å². The molecule has 0 N–H and O–H groups in total. The third kappa shape index (κ3) is 4.73. The highest BCUT2D eigenvalue weighted by molar-refractivity contribution is 8.00. The summed E-state index contributed by atoms with van der Waals surface area (Å²) in [6.45, 7) is 3.45. The molecule has 7 nitrogen and oxygen atoms in total. The normalized spacial score (nSPS) is 13.0. The predicted octanol–water partition coefficient (Wildman–Crippen LogP) is 2.43. The van der Waals surface area contributed by atoms with Gasteiger partial charge in [-0.3, -0.25) is 19.7 Å². The van der Waals surface area contributed by atoms with E-state index in [1.807, 2.05) is 0 Å². The smallest absolute Gasteiger partial charge is 0.320 e. The summed E-state index contributed by atoms with van der Waals surface area (Å²) >= 11 is 1.11. The van der Waals surface area contributed by atoms with Gasteiger partial charge in [-0.1, -0.05) is 6.92 Å². The second-order valence-electron chi connectivity index (χ2n) is 4.35. The summed E-state index contributed by atoms with van der Waals surface area (Å²) in [6.07, 6.45) is 0. The van der Waals surface area contributed by atoms with Crippen molar-refractivity contribution in [3.63, 3.8) is 0 Å². The van der Waals surface area contributed by atoms with E-state index in [4.69, 9.17) is 4.74 Å². The van der Waals surface area contributed by atoms with Crippen LogP contribution in [0.15, 0.2) is 29.2 Å². The van der Waals surface area contributed by atoms with E-state index in [9.17, 15) is 19.7 Å². The van der Waals surface area contributed by atoms with E-state index in [0.717, 1.165) is 11.8 Å². The summed E-state index contributed by atoms with van der Waals surface area (Å²) in [7, 11) is 1.25. The average Bonchev–Trinajstić information content (AvgIpc) is 2.51. The molecule has 1 aromatic rings. The number of methoxy groups -OCH3 is 1. The van der Waals surface area contributed by atoms with Crippen LogP contribution >= 0.6 is 11.8 Å². The summed E-state index contributed by atoms with van der Waals surface area (Å²) < 4.78 is 9.64. The van der Waals surface area contributed by atoms with Gasteiger partial charge >= 0.3 is 11.9 Å². The second kappa shape index (κ2) is 8.38. The number of nitro groups is 1. The first-order chi connectivity index (χ1) is 10.4. The van der Waals surface area contributed by atoms with Gasteiger partial charge in [-0.15, -0.1) is 11.8 Å². The van der Waals surface area contributed by atoms with Gasteiger partial charge in [-0.2, -0.15) is 0 Å². The van der Waals surface area contributed by atoms with E-state index in [2.05, 4.69) is 4.74 Å². The lowest BCUT2D eigenvalue weighted by Gasteiger charge is -2.20. The van der Waals surface area contributed by atoms with Crippen LogP contribution in [0.3, 0.4) is 0 Å². The summed E-state index contributed by atoms with van der Waals surface area (Å²) in [4.78, 5) is 34.4. The van der Waals surface area contributed by atoms with Crippen LogP contribution in [0.1, 0.15) is 13.8 Å². The fourth-order valence-corrected chi connectivity index (χ4v) is 2.75. The van der Waals surface area contributed by atoms with Crippen molar-refractivity contribution in [3.05, 3.63) is 34.4 Å². The molecule has 0 fully saturated rings. The fraction of sp³-hybridized carbons (Fsp3) is 0.429. The number of non-ortho nitro benzene ring substituents is 1. The summed E-state index contributed by atoms with van der Waals surface area (Å²) in [5.74, 6) is -1.75. The number of esters is 2. The molecule has 1 aromatic carbocycles. The molecular formula is C14H17NO6S. The molecule has 0 amide bonds. The molecule has 0 saturated heterocycles. The Labute approximate surface area is 132 Å². The number of benzene rings is 1. The maximum Gasteiger partial charge on any atom is 0.320 e. The molecule has 0 spiro atoms. The van der Waals surface area contributed by atoms with Crippen LogP contribution < -0.4 is 0 Å². The van der Waals surface area contributed by atoms with E-state index in [0.29, 0.717) is 4.90 Å². The minimum atomic E-state index is -0.783. The Morgan fingerprint density at radius 3 is 2.32 bits per heavy atom. The first-order valence-electron chi connectivity index (χ1n) is 6.56. The van der Waals surface area contributed by atoms with Crippen molar-refractivity contribution >= 4 is 29.4 Å². The van der Waals surface area contributed by atoms with Crippen LogP contribution in [0.25, 0.3) is 0 Å². The van der Waals surface area contributed by atoms with Gasteiger partial charge in [0.15, 0.2) is 0 Å². The van der Waals surface area contributed by atoms with Crippen LogP contribution in [0.5, 0.6) is 0 Å². The Morgan fingerprint density at radius 2 is 1.86 bits per heavy atom. The number of rotatable bonds is 7. The van der Waals surface area contributed by atoms with Crippen molar-refractivity contribution in [1.82, 2.24) is 0 Å². The first kappa shape index (κ1) is 18.0. The number of ether oxygens (including phenoxy) is 2. The zero-order chi connectivity index (χ0) is 16.7. The number of thioether (sulfide) groups is 1. The lowest BCUT2D eigenvalue weighted by atomic mass is 10.1. The second-order valence-corrected chi connectivity index (χ2v) is 5.57. The monoisotopic (exact) mass is 327 g/mol. The minimum Gasteiger partial charge on any atom is -0.469 e. The predicted molar refractivity (Wildman–Crippen MR) is 80.6 cm³/mol. The number of hydrogen-bond donors (Lipinski definition) is 0. The molecule has 0 aliphatic rings. The van der Waals surface area contributed by atoms with Crippen LogP contribution in [-0.4, -0.2) is 35.8 Å². The van der Waals surface area contributed by atoms with Gasteiger partial charge in [0.2, 0.25) is 0 Å². The van der Waals surface area contributed by atoms with Gasteiger partial charge in [0.25, 0.3) is 5.69 Å². The van der Waals surface area contributed by atoms with Gasteiger partial charge in [0.05, 0.1) is 24.6 Å². The molecule has 0 heterocycles. The zero-order valence-corrected chi connectivity index (χ0v) is 13.3. The summed E-state index contributed by atoms with van der Waals surface area (Å²) in [5, 5.41) is 9.84. The fourth-order valence-electron chi connectivity index (χ4n) is 1.68. The zero-order valence-electron chi connectivity index (χ0n) is 12.5. The first-order valence-corrected chi connectivity index (χ1v) is 7.44. The van der Waals surface area contributed by atoms with Crippen LogP contribution in [0, 0.1) is 16.0 Å². The molecule has 1 rings (SSSR count). The van der Waals surface area contributed by atoms with E-state index >= 15 is 0 Å². The molecule has 0 aliphatic carbocycles. The number of carbonyl (C=O) groups is 2. The Hall–Kier alpha value is -2.09. The number of carbonyl (C=O) groups excluding carboxylic acids is 2. The molecule has 22 heavy (non-hydrogen) atoms. The molecule has 0 radical (unpaired) electrons. The molecule has 0 bridgehead atoms. The van der Waals surface area contributed by atoms with E-state index in [1.165, 1.54) is 31.4 Å². The maximum absolute atomic E-state index is 12.0. The lowest BCUT2D eigenvalue weighted by Crippen LogP contribution is -2.32. The van der Waals surface area contributed by atoms with Crippen molar-refractivity contribution in [2.45, 2.75) is 24.0 Å². The van der Waals surface area contributed by atoms with Gasteiger partial charge in [0.1, 0.15) is 5.25 Å². The Kier molecular flexibility index (Phi) is 6.84. The molecule has 0 unspecified atom stereocenters. The number of nitro benzene ring substituents is 1. The molecule has 0 saturated carbocycles. The Morgan fingerprint density at radius 1 is 1.27 bits per heavy atom. The topological polar surface area (TPSA) is 95.7 Å². The average molecular weight is 327 g/mol. The van der Waals surface area contributed by atoms with Crippen molar-refractivity contribution in [3.8, 4) is 0 Å². The van der Waals surface area contributed by atoms with Crippen molar-refractivity contribution < 1.29 is 24.0 Å². The van der Waals surface area contributed by atoms with Crippen molar-refractivity contribution in [2.24, 2.45) is 5.92 Å². The van der Waals surface area contributed by atoms with Crippen LogP contribution in [-0.2, 0) is 19.1 Å². The third-order valence-corrected chi connectivity index (χ3v) is 4.26. The van der Waals surface area contributed by atoms with Gasteiger partial charge in [-0.05, 0) is 19.1 Å². The molecule has 8 heteroatoms. The van der Waals surface area contributed by atoms with Crippen LogP contribution in [0.4, 0.5) is 5.69 Å². The van der Waals surface area contributed by atoms with Gasteiger partial charge in [0, 0.05) is 17.0 Å². The number of hydrogen-bond acceptors (Lipinski definition) is 7. The molecule has 2 atom stereocenters. The van der Waals surface area contributed by atoms with Crippen LogP contribution in [0.2, 0.25) is 0 Å². The summed E-state index contributed by atoms with van der Waals surface area (Å²) in [6, 6.07) is 5.73. The molecule has 0 aliphatic heterocycles. The van der Waals surface area contributed by atoms with Gasteiger partial charge < -0.3 is 9.47 Å². The lowest BCUT2D eigenvalue weighted by molar-refractivity contribution is -0.384. The largest absolute Gasteiger partial charge is 0.469 e. The highest BCUT2D eigenvalue weighted by atomic mass is 32.2. The molecule has 0 aromatic heterocycles. The highest BCUT2D eigenvalue weighted by Crippen LogP contribution is 2.31. The summed E-state index contributed by atoms with van der Waals surface area (Å²) in [5.41, 5.74) is -0.0435. The molecule has 120 valence electrons. The third-order valence-electron chi connectivity index (χ3n) is 2.86. The Balaban J connectivity index is 2.94. The van der Waals surface area contributed by atoms with E-state index < -0.39 is 28.0 Å². The SMILES string of the molecule is CCOC(=O)[C@@H](Sc1ccc([N+](=O)[O-])cc1)[C@@H](C)C(=O)OC. The van der Waals surface area contributed by atoms with Crippen molar-refractivity contribution in [1.29, 1.82) is 0 Å². The standard InChI is InChI=1S/C14H17NO6S/c1-4-21-14(17)12(9(2)13(16)20-3)22-11-7-5-10(6-8-11)15(18)19/h5-9,12H,4H2,1-3H3/t9-,12+/m1/s1. The van der Waals surface area contributed by atoms with Gasteiger partial charge in [-0.25, -0.2) is 0 Å². The molecular weight excluding hydrogens is 310 g/mol. The Bertz CT molecular complexity index is 545. The maximum atomic E-state index is 12.0. The number of nitrogens with zero attached hydrogens (tertiary/aromatic N) is 1.